The van der Waals surface area contributed by atoms with E-state index < -0.39 is 0 Å². The first-order valence-electron chi connectivity index (χ1n) is 8.79. The Kier molecular flexibility index (Phi) is 6.54. The minimum atomic E-state index is -0.381. The van der Waals surface area contributed by atoms with Crippen LogP contribution >= 0.6 is 11.8 Å². The van der Waals surface area contributed by atoms with Crippen LogP contribution in [0.1, 0.15) is 22.8 Å². The van der Waals surface area contributed by atoms with E-state index in [9.17, 15) is 9.59 Å². The van der Waals surface area contributed by atoms with Crippen molar-refractivity contribution in [1.29, 1.82) is 0 Å². The number of pyridine rings is 1. The van der Waals surface area contributed by atoms with Crippen molar-refractivity contribution in [3.05, 3.63) is 59.9 Å². The van der Waals surface area contributed by atoms with Gasteiger partial charge in [0, 0.05) is 31.4 Å². The highest BCUT2D eigenvalue weighted by molar-refractivity contribution is 7.99. The molecular formula is C20H20N4O3S. The van der Waals surface area contributed by atoms with Gasteiger partial charge in [-0.2, -0.15) is 0 Å². The van der Waals surface area contributed by atoms with E-state index >= 15 is 0 Å². The number of ketones is 1. The molecule has 3 aromatic rings. The zero-order valence-electron chi connectivity index (χ0n) is 15.7. The Balaban J connectivity index is 1.60. The Morgan fingerprint density at radius 2 is 2.04 bits per heavy atom. The Labute approximate surface area is 167 Å². The van der Waals surface area contributed by atoms with Crippen molar-refractivity contribution in [3.8, 4) is 11.4 Å². The number of esters is 1. The molecule has 1 aromatic carbocycles. The molecule has 2 heterocycles. The van der Waals surface area contributed by atoms with Crippen LogP contribution < -0.4 is 0 Å². The van der Waals surface area contributed by atoms with E-state index in [1.165, 1.54) is 11.8 Å². The summed E-state index contributed by atoms with van der Waals surface area (Å²) >= 11 is 1.34. The number of benzene rings is 1. The molecule has 0 N–H and O–H groups in total. The maximum atomic E-state index is 12.4. The molecule has 0 saturated heterocycles. The molecule has 0 aliphatic rings. The fourth-order valence-corrected chi connectivity index (χ4v) is 3.40. The molecular weight excluding hydrogens is 376 g/mol. The predicted octanol–water partition coefficient (Wildman–Crippen LogP) is 2.96. The summed E-state index contributed by atoms with van der Waals surface area (Å²) in [7, 11) is 1.86. The smallest absolute Gasteiger partial charge is 0.338 e. The fourth-order valence-electron chi connectivity index (χ4n) is 2.63. The van der Waals surface area contributed by atoms with Crippen molar-refractivity contribution < 1.29 is 14.3 Å². The third-order valence-electron chi connectivity index (χ3n) is 3.96. The van der Waals surface area contributed by atoms with Crippen LogP contribution in [0.4, 0.5) is 0 Å². The fraction of sp³-hybridized carbons (Fsp3) is 0.250. The van der Waals surface area contributed by atoms with Gasteiger partial charge in [-0.05, 0) is 36.8 Å². The van der Waals surface area contributed by atoms with Crippen molar-refractivity contribution in [1.82, 2.24) is 19.7 Å². The quantitative estimate of drug-likeness (QED) is 0.427. The second-order valence-electron chi connectivity index (χ2n) is 6.03. The van der Waals surface area contributed by atoms with Crippen molar-refractivity contribution in [2.45, 2.75) is 18.5 Å². The number of thioether (sulfide) groups is 1. The Bertz CT molecular complexity index is 973. The number of nitrogens with zero attached hydrogens (tertiary/aromatic N) is 4. The second-order valence-corrected chi connectivity index (χ2v) is 6.97. The van der Waals surface area contributed by atoms with Crippen LogP contribution in [0.3, 0.4) is 0 Å². The summed E-state index contributed by atoms with van der Waals surface area (Å²) in [6, 6.07) is 10.7. The third-order valence-corrected chi connectivity index (χ3v) is 5.04. The lowest BCUT2D eigenvalue weighted by atomic mass is 10.1. The average Bonchev–Trinajstić information content (AvgIpc) is 3.08. The first-order valence-corrected chi connectivity index (χ1v) is 9.77. The van der Waals surface area contributed by atoms with Gasteiger partial charge in [0.15, 0.2) is 11.0 Å². The van der Waals surface area contributed by atoms with Gasteiger partial charge >= 0.3 is 5.97 Å². The van der Waals surface area contributed by atoms with E-state index in [2.05, 4.69) is 15.2 Å². The molecule has 0 amide bonds. The summed E-state index contributed by atoms with van der Waals surface area (Å²) < 4.78 is 6.84. The lowest BCUT2D eigenvalue weighted by Crippen LogP contribution is -2.09. The predicted molar refractivity (Wildman–Crippen MR) is 106 cm³/mol. The van der Waals surface area contributed by atoms with Crippen molar-refractivity contribution in [3.63, 3.8) is 0 Å². The molecule has 144 valence electrons. The van der Waals surface area contributed by atoms with Crippen LogP contribution in [-0.2, 0) is 23.0 Å². The van der Waals surface area contributed by atoms with E-state index in [4.69, 9.17) is 4.74 Å². The van der Waals surface area contributed by atoms with Gasteiger partial charge in [0.05, 0.1) is 17.9 Å². The number of hydrogen-bond donors (Lipinski definition) is 0. The van der Waals surface area contributed by atoms with Crippen LogP contribution in [0.5, 0.6) is 0 Å². The molecule has 0 bridgehead atoms. The van der Waals surface area contributed by atoms with Gasteiger partial charge in [-0.15, -0.1) is 10.2 Å². The normalized spacial score (nSPS) is 10.6. The molecule has 7 nitrogen and oxygen atoms in total. The van der Waals surface area contributed by atoms with Crippen molar-refractivity contribution in [2.24, 2.45) is 7.05 Å². The van der Waals surface area contributed by atoms with E-state index in [0.717, 1.165) is 11.1 Å². The van der Waals surface area contributed by atoms with Crippen molar-refractivity contribution >= 4 is 23.5 Å². The highest BCUT2D eigenvalue weighted by Crippen LogP contribution is 2.22. The molecule has 28 heavy (non-hydrogen) atoms. The summed E-state index contributed by atoms with van der Waals surface area (Å²) in [5, 5.41) is 9.01. The Hall–Kier alpha value is -3.00. The minimum Gasteiger partial charge on any atom is -0.462 e. The molecule has 0 unspecified atom stereocenters. The lowest BCUT2D eigenvalue weighted by Gasteiger charge is -2.05. The number of aromatic nitrogens is 4. The van der Waals surface area contributed by atoms with Gasteiger partial charge in [0.25, 0.3) is 0 Å². The number of rotatable bonds is 8. The lowest BCUT2D eigenvalue weighted by molar-refractivity contribution is -0.116. The molecule has 0 aliphatic heterocycles. The largest absolute Gasteiger partial charge is 0.462 e. The molecule has 0 spiro atoms. The minimum absolute atomic E-state index is 0.0388. The first-order chi connectivity index (χ1) is 13.6. The van der Waals surface area contributed by atoms with Gasteiger partial charge in [-0.25, -0.2) is 4.79 Å². The number of hydrogen-bond acceptors (Lipinski definition) is 7. The first kappa shape index (κ1) is 19.8. The SMILES string of the molecule is CCOC(=O)c1cccc(CC(=O)CSc2nnc(-c3cccnc3)n2C)c1. The van der Waals surface area contributed by atoms with Gasteiger partial charge in [-0.3, -0.25) is 9.78 Å². The summed E-state index contributed by atoms with van der Waals surface area (Å²) in [6.45, 7) is 2.08. The molecule has 0 aliphatic carbocycles. The summed E-state index contributed by atoms with van der Waals surface area (Å²) in [5.41, 5.74) is 2.10. The average molecular weight is 396 g/mol. The maximum absolute atomic E-state index is 12.4. The molecule has 0 fully saturated rings. The summed E-state index contributed by atoms with van der Waals surface area (Å²) in [6.07, 6.45) is 3.67. The molecule has 0 radical (unpaired) electrons. The van der Waals surface area contributed by atoms with E-state index in [1.807, 2.05) is 29.8 Å². The summed E-state index contributed by atoms with van der Waals surface area (Å²) in [4.78, 5) is 28.3. The van der Waals surface area contributed by atoms with Crippen molar-refractivity contribution in [2.75, 3.05) is 12.4 Å². The Morgan fingerprint density at radius 3 is 2.79 bits per heavy atom. The molecule has 0 atom stereocenters. The van der Waals surface area contributed by atoms with Crippen LogP contribution in [0.15, 0.2) is 53.9 Å². The zero-order valence-corrected chi connectivity index (χ0v) is 16.5. The highest BCUT2D eigenvalue weighted by atomic mass is 32.2. The molecule has 0 saturated carbocycles. The monoisotopic (exact) mass is 396 g/mol. The van der Waals surface area contributed by atoms with Gasteiger partial charge in [0.2, 0.25) is 0 Å². The zero-order chi connectivity index (χ0) is 19.9. The van der Waals surface area contributed by atoms with Crippen LogP contribution in [0.25, 0.3) is 11.4 Å². The number of carbonyl (C=O) groups is 2. The third kappa shape index (κ3) is 4.83. The maximum Gasteiger partial charge on any atom is 0.338 e. The van der Waals surface area contributed by atoms with Crippen LogP contribution in [-0.4, -0.2) is 43.9 Å². The van der Waals surface area contributed by atoms with E-state index in [0.29, 0.717) is 23.2 Å². The van der Waals surface area contributed by atoms with Gasteiger partial charge < -0.3 is 9.30 Å². The van der Waals surface area contributed by atoms with Gasteiger partial charge in [-0.1, -0.05) is 23.9 Å². The van der Waals surface area contributed by atoms with Crippen LogP contribution in [0.2, 0.25) is 0 Å². The highest BCUT2D eigenvalue weighted by Gasteiger charge is 2.14. The van der Waals surface area contributed by atoms with Gasteiger partial charge in [0.1, 0.15) is 5.78 Å². The number of Topliss-reactive ketones (excluding diaryl/α,β-unsaturated/α-hetero) is 1. The second kappa shape index (κ2) is 9.27. The Morgan fingerprint density at radius 1 is 1.18 bits per heavy atom. The topological polar surface area (TPSA) is 87.0 Å². The van der Waals surface area contributed by atoms with E-state index in [1.54, 1.807) is 37.5 Å². The van der Waals surface area contributed by atoms with Crippen LogP contribution in [0, 0.1) is 0 Å². The number of carbonyl (C=O) groups excluding carboxylic acids is 2. The number of ether oxygens (including phenoxy) is 1. The van der Waals surface area contributed by atoms with E-state index in [-0.39, 0.29) is 23.9 Å². The summed E-state index contributed by atoms with van der Waals surface area (Å²) in [5.74, 6) is 0.623. The molecule has 3 rings (SSSR count). The standard InChI is InChI=1S/C20H20N4O3S/c1-3-27-19(26)15-7-4-6-14(10-15)11-17(25)13-28-20-23-22-18(24(20)2)16-8-5-9-21-12-16/h4-10,12H,3,11,13H2,1-2H3. The molecule has 2 aromatic heterocycles. The molecule has 8 heteroatoms.